The average molecular weight is 758 g/mol. The zero-order chi connectivity index (χ0) is 39.4. The molecule has 54 heavy (non-hydrogen) atoms. The quantitative estimate of drug-likeness (QED) is 0.0369. The van der Waals surface area contributed by atoms with Crippen molar-refractivity contribution in [2.45, 2.75) is 250 Å². The zero-order valence-electron chi connectivity index (χ0n) is 35.8. The van der Waals surface area contributed by atoms with Crippen LogP contribution in [0.2, 0.25) is 0 Å². The lowest BCUT2D eigenvalue weighted by atomic mass is 10.0. The minimum atomic E-state index is -1.11. The van der Waals surface area contributed by atoms with Crippen molar-refractivity contribution in [3.8, 4) is 0 Å². The lowest BCUT2D eigenvalue weighted by Gasteiger charge is -2.21. The molecule has 0 saturated carbocycles. The molecule has 0 saturated heterocycles. The summed E-state index contributed by atoms with van der Waals surface area (Å²) in [6.45, 7) is 4.17. The molecule has 0 aromatic carbocycles. The molecule has 316 valence electrons. The number of carbonyl (C=O) groups excluding carboxylic acids is 1. The first-order valence-electron chi connectivity index (χ1n) is 23.5. The molecule has 5 heteroatoms. The largest absolute Gasteiger partial charge is 0.394 e. The first kappa shape index (κ1) is 52.3. The van der Waals surface area contributed by atoms with Crippen LogP contribution in [0, 0.1) is 0 Å². The molecular formula is C49H91NO4. The fourth-order valence-electron chi connectivity index (χ4n) is 6.94. The summed E-state index contributed by atoms with van der Waals surface area (Å²) < 4.78 is 0. The first-order valence-corrected chi connectivity index (χ1v) is 23.5. The third-order valence-corrected chi connectivity index (χ3v) is 10.6. The molecule has 5 nitrogen and oxygen atoms in total. The van der Waals surface area contributed by atoms with Crippen molar-refractivity contribution in [1.29, 1.82) is 0 Å². The molecule has 3 unspecified atom stereocenters. The maximum Gasteiger partial charge on any atom is 0.249 e. The lowest BCUT2D eigenvalue weighted by molar-refractivity contribution is -0.131. The van der Waals surface area contributed by atoms with E-state index in [4.69, 9.17) is 0 Å². The van der Waals surface area contributed by atoms with Gasteiger partial charge in [0, 0.05) is 0 Å². The molecule has 0 aliphatic rings. The Morgan fingerprint density at radius 1 is 0.463 bits per heavy atom. The molecule has 0 fully saturated rings. The molecule has 0 aromatic rings. The average Bonchev–Trinajstić information content (AvgIpc) is 3.18. The molecule has 4 N–H and O–H groups in total. The SMILES string of the molecule is CCCCCCCCCCC/C=C\C/C=C\CCCCCCCCCCC(O)C(=O)NC(CO)C(O)/C=C/CC/C=C/CCCCCCCCCCCC. The Morgan fingerprint density at radius 3 is 1.24 bits per heavy atom. The van der Waals surface area contributed by atoms with Crippen molar-refractivity contribution in [2.24, 2.45) is 0 Å². The van der Waals surface area contributed by atoms with Gasteiger partial charge in [0.1, 0.15) is 6.10 Å². The summed E-state index contributed by atoms with van der Waals surface area (Å²) in [6, 6.07) is -0.818. The van der Waals surface area contributed by atoms with Gasteiger partial charge in [-0.3, -0.25) is 4.79 Å². The van der Waals surface area contributed by atoms with Crippen LogP contribution >= 0.6 is 0 Å². The number of hydrogen-bond donors (Lipinski definition) is 4. The molecule has 0 heterocycles. The van der Waals surface area contributed by atoms with Gasteiger partial charge in [-0.15, -0.1) is 0 Å². The van der Waals surface area contributed by atoms with Gasteiger partial charge in [-0.05, 0) is 64.2 Å². The predicted octanol–water partition coefficient (Wildman–Crippen LogP) is 13.7. The monoisotopic (exact) mass is 758 g/mol. The van der Waals surface area contributed by atoms with Crippen molar-refractivity contribution < 1.29 is 20.1 Å². The smallest absolute Gasteiger partial charge is 0.249 e. The second-order valence-corrected chi connectivity index (χ2v) is 16.0. The molecule has 0 rings (SSSR count). The van der Waals surface area contributed by atoms with Crippen LogP contribution in [0.4, 0.5) is 0 Å². The van der Waals surface area contributed by atoms with Crippen LogP contribution in [-0.2, 0) is 4.79 Å². The molecule has 0 aliphatic heterocycles. The molecule has 0 aromatic heterocycles. The van der Waals surface area contributed by atoms with Gasteiger partial charge in [0.25, 0.3) is 0 Å². The highest BCUT2D eigenvalue weighted by molar-refractivity contribution is 5.80. The van der Waals surface area contributed by atoms with Crippen LogP contribution in [-0.4, -0.2) is 46.1 Å². The fraction of sp³-hybridized carbons (Fsp3) is 0.816. The molecule has 0 bridgehead atoms. The summed E-state index contributed by atoms with van der Waals surface area (Å²) in [4.78, 5) is 12.5. The summed E-state index contributed by atoms with van der Waals surface area (Å²) in [5.41, 5.74) is 0. The van der Waals surface area contributed by atoms with E-state index in [9.17, 15) is 20.1 Å². The van der Waals surface area contributed by atoms with E-state index in [1.54, 1.807) is 6.08 Å². The number of hydrogen-bond acceptors (Lipinski definition) is 4. The van der Waals surface area contributed by atoms with Gasteiger partial charge < -0.3 is 20.6 Å². The van der Waals surface area contributed by atoms with Gasteiger partial charge in [-0.25, -0.2) is 0 Å². The third-order valence-electron chi connectivity index (χ3n) is 10.6. The molecule has 3 atom stereocenters. The van der Waals surface area contributed by atoms with Gasteiger partial charge in [0.05, 0.1) is 18.8 Å². The third kappa shape index (κ3) is 38.6. The van der Waals surface area contributed by atoms with Crippen LogP contribution in [0.1, 0.15) is 232 Å². The summed E-state index contributed by atoms with van der Waals surface area (Å²) in [5, 5.41) is 33.1. The molecular weight excluding hydrogens is 667 g/mol. The van der Waals surface area contributed by atoms with Gasteiger partial charge in [-0.1, -0.05) is 217 Å². The van der Waals surface area contributed by atoms with E-state index in [0.717, 1.165) is 44.9 Å². The standard InChI is InChI=1S/C49H91NO4/c1-3-5-7-9-11-13-15-17-19-21-22-23-24-25-26-27-28-30-32-34-36-38-40-42-44-48(53)49(54)50-46(45-51)47(52)43-41-39-37-35-33-31-29-20-18-16-14-12-10-8-6-4-2/h22-23,25-26,33,35,41,43,46-48,51-53H,3-21,24,27-32,34,36-40,42,44-45H2,1-2H3,(H,50,54)/b23-22-,26-25-,35-33+,43-41+. The van der Waals surface area contributed by atoms with E-state index in [2.05, 4.69) is 55.6 Å². The van der Waals surface area contributed by atoms with Crippen LogP contribution in [0.3, 0.4) is 0 Å². The Kier molecular flexibility index (Phi) is 42.7. The molecule has 1 amide bonds. The number of aliphatic hydroxyl groups excluding tert-OH is 3. The number of unbranched alkanes of at least 4 members (excludes halogenated alkanes) is 28. The number of allylic oxidation sites excluding steroid dienone is 7. The molecule has 0 aliphatic carbocycles. The Balaban J connectivity index is 3.70. The van der Waals surface area contributed by atoms with E-state index in [0.29, 0.717) is 6.42 Å². The second kappa shape index (κ2) is 44.0. The minimum Gasteiger partial charge on any atom is -0.394 e. The van der Waals surface area contributed by atoms with Crippen molar-refractivity contribution in [3.05, 3.63) is 48.6 Å². The number of aliphatic hydroxyl groups is 3. The summed E-state index contributed by atoms with van der Waals surface area (Å²) in [7, 11) is 0. The zero-order valence-corrected chi connectivity index (χ0v) is 35.8. The van der Waals surface area contributed by atoms with Crippen LogP contribution in [0.5, 0.6) is 0 Å². The van der Waals surface area contributed by atoms with Crippen LogP contribution in [0.15, 0.2) is 48.6 Å². The maximum atomic E-state index is 12.5. The van der Waals surface area contributed by atoms with E-state index in [1.165, 1.54) is 167 Å². The van der Waals surface area contributed by atoms with Crippen LogP contribution in [0.25, 0.3) is 0 Å². The van der Waals surface area contributed by atoms with Crippen molar-refractivity contribution in [2.75, 3.05) is 6.61 Å². The first-order chi connectivity index (χ1) is 26.6. The number of amides is 1. The Morgan fingerprint density at radius 2 is 0.815 bits per heavy atom. The highest BCUT2D eigenvalue weighted by Crippen LogP contribution is 2.14. The summed E-state index contributed by atoms with van der Waals surface area (Å²) in [5.74, 6) is -0.518. The van der Waals surface area contributed by atoms with E-state index < -0.39 is 24.2 Å². The number of rotatable bonds is 42. The summed E-state index contributed by atoms with van der Waals surface area (Å²) >= 11 is 0. The van der Waals surface area contributed by atoms with Gasteiger partial charge >= 0.3 is 0 Å². The molecule has 0 radical (unpaired) electrons. The predicted molar refractivity (Wildman–Crippen MR) is 236 cm³/mol. The highest BCUT2D eigenvalue weighted by atomic mass is 16.3. The number of nitrogens with one attached hydrogen (secondary N) is 1. The van der Waals surface area contributed by atoms with E-state index in [1.807, 2.05) is 6.08 Å². The van der Waals surface area contributed by atoms with E-state index >= 15 is 0 Å². The Bertz CT molecular complexity index is 881. The van der Waals surface area contributed by atoms with E-state index in [-0.39, 0.29) is 6.61 Å². The highest BCUT2D eigenvalue weighted by Gasteiger charge is 2.22. The number of carbonyl (C=O) groups is 1. The van der Waals surface area contributed by atoms with Crippen molar-refractivity contribution in [1.82, 2.24) is 5.32 Å². The second-order valence-electron chi connectivity index (χ2n) is 16.0. The van der Waals surface area contributed by atoms with Gasteiger partial charge in [0.2, 0.25) is 5.91 Å². The van der Waals surface area contributed by atoms with Crippen LogP contribution < -0.4 is 5.32 Å². The topological polar surface area (TPSA) is 89.8 Å². The minimum absolute atomic E-state index is 0.379. The van der Waals surface area contributed by atoms with Gasteiger partial charge in [0.15, 0.2) is 0 Å². The maximum absolute atomic E-state index is 12.5. The molecule has 0 spiro atoms. The van der Waals surface area contributed by atoms with Crippen molar-refractivity contribution in [3.63, 3.8) is 0 Å². The summed E-state index contributed by atoms with van der Waals surface area (Å²) in [6.07, 6.45) is 57.2. The van der Waals surface area contributed by atoms with Gasteiger partial charge in [-0.2, -0.15) is 0 Å². The lowest BCUT2D eigenvalue weighted by Crippen LogP contribution is -2.48. The normalized spacial score (nSPS) is 13.9. The van der Waals surface area contributed by atoms with Crippen molar-refractivity contribution >= 4 is 5.91 Å². The Labute approximate surface area is 336 Å². The fourth-order valence-corrected chi connectivity index (χ4v) is 6.94. The Hall–Kier alpha value is -1.69.